The molecule has 1 amide bonds. The highest BCUT2D eigenvalue weighted by Gasteiger charge is 2.33. The van der Waals surface area contributed by atoms with E-state index in [1.807, 2.05) is 19.1 Å². The molecule has 170 valence electrons. The minimum atomic E-state index is -0.154. The fraction of sp³-hybridized carbons (Fsp3) is 0.500. The zero-order chi connectivity index (χ0) is 23.0. The normalized spacial score (nSPS) is 23.1. The lowest BCUT2D eigenvalue weighted by Gasteiger charge is -2.36. The van der Waals surface area contributed by atoms with Crippen LogP contribution >= 0.6 is 24.0 Å². The summed E-state index contributed by atoms with van der Waals surface area (Å²) in [5, 5.41) is 0. The molecule has 0 aliphatic carbocycles. The zero-order valence-corrected chi connectivity index (χ0v) is 20.8. The first-order chi connectivity index (χ1) is 15.3. The smallest absolute Gasteiger partial charge is 0.267 e. The number of hydrogen-bond donors (Lipinski definition) is 0. The molecule has 0 N–H and O–H groups in total. The first-order valence-corrected chi connectivity index (χ1v) is 12.5. The standard InChI is InChI=1S/C24H30N4O2S2/c1-5-6-9-27-23(30)19(32-24(27)31)11-18-21(26-12-16(3)10-17(4)13-26)25-20-8-7-15(2)14-28(20)22(18)29/h7-8,11,14,16-17H,5-6,9-10,12-13H2,1-4H3/b19-11+/t16-,17-/m0/s1. The zero-order valence-electron chi connectivity index (χ0n) is 19.1. The molecule has 0 unspecified atom stereocenters. The van der Waals surface area contributed by atoms with E-state index in [0.717, 1.165) is 37.9 Å². The first kappa shape index (κ1) is 23.0. The van der Waals surface area contributed by atoms with Gasteiger partial charge in [0.1, 0.15) is 15.8 Å². The van der Waals surface area contributed by atoms with Crippen molar-refractivity contribution in [2.24, 2.45) is 11.8 Å². The van der Waals surface area contributed by atoms with Gasteiger partial charge in [-0.3, -0.25) is 18.9 Å². The number of anilines is 1. The molecule has 0 radical (unpaired) electrons. The number of pyridine rings is 1. The largest absolute Gasteiger partial charge is 0.355 e. The highest BCUT2D eigenvalue weighted by molar-refractivity contribution is 8.26. The van der Waals surface area contributed by atoms with Gasteiger partial charge in [-0.05, 0) is 49.3 Å². The Bertz CT molecular complexity index is 1150. The molecule has 2 saturated heterocycles. The van der Waals surface area contributed by atoms with Gasteiger partial charge in [-0.1, -0.05) is 57.2 Å². The van der Waals surface area contributed by atoms with E-state index in [1.54, 1.807) is 21.6 Å². The van der Waals surface area contributed by atoms with Crippen LogP contribution in [-0.2, 0) is 4.79 Å². The second-order valence-corrected chi connectivity index (χ2v) is 10.8. The van der Waals surface area contributed by atoms with Gasteiger partial charge < -0.3 is 4.90 Å². The van der Waals surface area contributed by atoms with Gasteiger partial charge in [0.05, 0.1) is 10.5 Å². The van der Waals surface area contributed by atoms with Gasteiger partial charge >= 0.3 is 0 Å². The van der Waals surface area contributed by atoms with Gasteiger partial charge in [0.2, 0.25) is 0 Å². The van der Waals surface area contributed by atoms with Crippen molar-refractivity contribution in [3.8, 4) is 0 Å². The van der Waals surface area contributed by atoms with E-state index >= 15 is 0 Å². The third kappa shape index (κ3) is 4.48. The molecule has 0 bridgehead atoms. The summed E-state index contributed by atoms with van der Waals surface area (Å²) in [6, 6.07) is 3.84. The summed E-state index contributed by atoms with van der Waals surface area (Å²) in [4.78, 5) is 35.9. The summed E-state index contributed by atoms with van der Waals surface area (Å²) < 4.78 is 2.14. The Morgan fingerprint density at radius 2 is 1.94 bits per heavy atom. The van der Waals surface area contributed by atoms with Gasteiger partial charge in [-0.25, -0.2) is 4.98 Å². The van der Waals surface area contributed by atoms with E-state index in [1.165, 1.54) is 11.8 Å². The number of aromatic nitrogens is 2. The SMILES string of the molecule is CCCCN1C(=O)/C(=C\c2c(N3C[C@@H](C)C[C@H](C)C3)nc3ccc(C)cn3c2=O)SC1=S. The maximum absolute atomic E-state index is 13.6. The maximum Gasteiger partial charge on any atom is 0.267 e. The summed E-state index contributed by atoms with van der Waals surface area (Å²) in [6.07, 6.45) is 6.57. The summed E-state index contributed by atoms with van der Waals surface area (Å²) in [5.41, 5.74) is 1.91. The molecule has 0 saturated carbocycles. The number of amides is 1. The number of unbranched alkanes of at least 4 members (excludes halogenated alkanes) is 1. The van der Waals surface area contributed by atoms with E-state index in [4.69, 9.17) is 17.2 Å². The molecule has 2 fully saturated rings. The number of carbonyl (C=O) groups is 1. The third-order valence-electron chi connectivity index (χ3n) is 6.04. The molecule has 0 spiro atoms. The quantitative estimate of drug-likeness (QED) is 0.474. The second kappa shape index (κ2) is 9.35. The Kier molecular flexibility index (Phi) is 6.72. The number of rotatable bonds is 5. The highest BCUT2D eigenvalue weighted by atomic mass is 32.2. The van der Waals surface area contributed by atoms with Gasteiger partial charge in [0.25, 0.3) is 11.5 Å². The van der Waals surface area contributed by atoms with Crippen LogP contribution in [0.2, 0.25) is 0 Å². The van der Waals surface area contributed by atoms with Crippen LogP contribution in [0.1, 0.15) is 51.2 Å². The summed E-state index contributed by atoms with van der Waals surface area (Å²) in [5.74, 6) is 1.57. The minimum Gasteiger partial charge on any atom is -0.355 e. The molecule has 0 aromatic carbocycles. The Hall–Kier alpha value is -2.19. The summed E-state index contributed by atoms with van der Waals surface area (Å²) >= 11 is 6.73. The molecule has 32 heavy (non-hydrogen) atoms. The molecule has 4 heterocycles. The van der Waals surface area contributed by atoms with E-state index in [2.05, 4.69) is 25.7 Å². The number of piperidine rings is 1. The lowest BCUT2D eigenvalue weighted by Crippen LogP contribution is -2.40. The fourth-order valence-electron chi connectivity index (χ4n) is 4.59. The Balaban J connectivity index is 1.84. The number of thioether (sulfide) groups is 1. The van der Waals surface area contributed by atoms with Crippen molar-refractivity contribution in [3.05, 3.63) is 44.7 Å². The maximum atomic E-state index is 13.6. The molecule has 6 nitrogen and oxygen atoms in total. The number of nitrogens with zero attached hydrogens (tertiary/aromatic N) is 4. The predicted octanol–water partition coefficient (Wildman–Crippen LogP) is 4.49. The van der Waals surface area contributed by atoms with Crippen molar-refractivity contribution in [1.82, 2.24) is 14.3 Å². The number of aryl methyl sites for hydroxylation is 1. The van der Waals surface area contributed by atoms with Crippen molar-refractivity contribution < 1.29 is 4.79 Å². The third-order valence-corrected chi connectivity index (χ3v) is 7.42. The summed E-state index contributed by atoms with van der Waals surface area (Å²) in [6.45, 7) is 10.8. The first-order valence-electron chi connectivity index (χ1n) is 11.3. The molecular weight excluding hydrogens is 440 g/mol. The molecule has 2 atom stereocenters. The number of hydrogen-bond acceptors (Lipinski definition) is 6. The monoisotopic (exact) mass is 470 g/mol. The van der Waals surface area contributed by atoms with E-state index in [0.29, 0.717) is 44.6 Å². The van der Waals surface area contributed by atoms with Gasteiger partial charge in [0, 0.05) is 25.8 Å². The lowest BCUT2D eigenvalue weighted by atomic mass is 9.91. The van der Waals surface area contributed by atoms with Gasteiger partial charge in [-0.15, -0.1) is 0 Å². The second-order valence-electron chi connectivity index (χ2n) is 9.13. The van der Waals surface area contributed by atoms with E-state index in [9.17, 15) is 9.59 Å². The molecule has 2 aliphatic rings. The van der Waals surface area contributed by atoms with Crippen LogP contribution in [0.5, 0.6) is 0 Å². The number of fused-ring (bicyclic) bond motifs is 1. The topological polar surface area (TPSA) is 57.9 Å². The van der Waals surface area contributed by atoms with Crippen LogP contribution in [0, 0.1) is 18.8 Å². The Morgan fingerprint density at radius 1 is 1.22 bits per heavy atom. The highest BCUT2D eigenvalue weighted by Crippen LogP contribution is 2.34. The molecule has 2 aromatic heterocycles. The molecule has 2 aliphatic heterocycles. The van der Waals surface area contributed by atoms with Crippen molar-refractivity contribution in [3.63, 3.8) is 0 Å². The van der Waals surface area contributed by atoms with Crippen molar-refractivity contribution >= 4 is 51.7 Å². The predicted molar refractivity (Wildman–Crippen MR) is 136 cm³/mol. The van der Waals surface area contributed by atoms with E-state index < -0.39 is 0 Å². The Labute approximate surface area is 198 Å². The van der Waals surface area contributed by atoms with Crippen LogP contribution in [-0.4, -0.2) is 44.1 Å². The molecule has 4 rings (SSSR count). The van der Waals surface area contributed by atoms with Gasteiger partial charge in [0.15, 0.2) is 0 Å². The molecule has 2 aromatic rings. The van der Waals surface area contributed by atoms with Gasteiger partial charge in [-0.2, -0.15) is 0 Å². The van der Waals surface area contributed by atoms with Crippen LogP contribution < -0.4 is 10.5 Å². The average molecular weight is 471 g/mol. The fourth-order valence-corrected chi connectivity index (χ4v) is 5.88. The van der Waals surface area contributed by atoms with Crippen LogP contribution in [0.3, 0.4) is 0 Å². The minimum absolute atomic E-state index is 0.117. The average Bonchev–Trinajstić information content (AvgIpc) is 3.00. The van der Waals surface area contributed by atoms with Crippen molar-refractivity contribution in [2.75, 3.05) is 24.5 Å². The number of carbonyl (C=O) groups excluding carboxylic acids is 1. The van der Waals surface area contributed by atoms with Crippen LogP contribution in [0.25, 0.3) is 11.7 Å². The van der Waals surface area contributed by atoms with Crippen molar-refractivity contribution in [1.29, 1.82) is 0 Å². The van der Waals surface area contributed by atoms with Crippen LogP contribution in [0.4, 0.5) is 5.82 Å². The number of thiocarbonyl (C=S) groups is 1. The lowest BCUT2D eigenvalue weighted by molar-refractivity contribution is -0.122. The summed E-state index contributed by atoms with van der Waals surface area (Å²) in [7, 11) is 0. The van der Waals surface area contributed by atoms with E-state index in [-0.39, 0.29) is 11.5 Å². The Morgan fingerprint density at radius 3 is 2.62 bits per heavy atom. The molecular formula is C24H30N4O2S2. The van der Waals surface area contributed by atoms with Crippen molar-refractivity contribution in [2.45, 2.75) is 47.0 Å². The van der Waals surface area contributed by atoms with Crippen LogP contribution in [0.15, 0.2) is 28.0 Å². The molecule has 8 heteroatoms.